The molecule has 0 bridgehead atoms. The van der Waals surface area contributed by atoms with Gasteiger partial charge < -0.3 is 4.98 Å². The summed E-state index contributed by atoms with van der Waals surface area (Å²) in [6.45, 7) is 7.08. The Morgan fingerprint density at radius 2 is 1.89 bits per heavy atom. The molecule has 2 unspecified atom stereocenters. The van der Waals surface area contributed by atoms with Crippen molar-refractivity contribution in [2.75, 3.05) is 0 Å². The van der Waals surface area contributed by atoms with Crippen molar-refractivity contribution in [2.45, 2.75) is 52.9 Å². The van der Waals surface area contributed by atoms with E-state index >= 15 is 0 Å². The number of para-hydroxylation sites is 1. The number of fused-ring (bicyclic) bond motifs is 1. The third kappa shape index (κ3) is 3.86. The van der Waals surface area contributed by atoms with Crippen LogP contribution >= 0.6 is 0 Å². The highest BCUT2D eigenvalue weighted by Crippen LogP contribution is 2.25. The molecule has 1 heteroatoms. The van der Waals surface area contributed by atoms with Crippen LogP contribution in [-0.4, -0.2) is 4.98 Å². The van der Waals surface area contributed by atoms with Crippen molar-refractivity contribution in [1.29, 1.82) is 0 Å². The zero-order valence-corrected chi connectivity index (χ0v) is 12.6. The summed E-state index contributed by atoms with van der Waals surface area (Å²) in [5.41, 5.74) is 2.74. The molecule has 0 aliphatic heterocycles. The second-order valence-corrected chi connectivity index (χ2v) is 6.15. The SMILES string of the molecule is CCCCC(C)CC(C)Cc1c[nH]c2ccccc12. The van der Waals surface area contributed by atoms with Gasteiger partial charge in [-0.05, 0) is 36.3 Å². The van der Waals surface area contributed by atoms with Crippen molar-refractivity contribution >= 4 is 10.9 Å². The predicted molar refractivity (Wildman–Crippen MR) is 84.5 cm³/mol. The molecule has 2 aromatic rings. The van der Waals surface area contributed by atoms with Gasteiger partial charge in [0, 0.05) is 17.1 Å². The van der Waals surface area contributed by atoms with E-state index in [9.17, 15) is 0 Å². The molecule has 1 aromatic heterocycles. The molecule has 0 fully saturated rings. The number of aromatic nitrogens is 1. The van der Waals surface area contributed by atoms with Crippen molar-refractivity contribution in [3.63, 3.8) is 0 Å². The number of aromatic amines is 1. The number of nitrogens with one attached hydrogen (secondary N) is 1. The summed E-state index contributed by atoms with van der Waals surface area (Å²) in [5.74, 6) is 1.63. The van der Waals surface area contributed by atoms with Crippen LogP contribution in [0.4, 0.5) is 0 Å². The standard InChI is InChI=1S/C18H27N/c1-4-5-8-14(2)11-15(3)12-16-13-19-18-10-7-6-9-17(16)18/h6-7,9-10,13-15,19H,4-5,8,11-12H2,1-3H3. The summed E-state index contributed by atoms with van der Waals surface area (Å²) in [6, 6.07) is 8.62. The van der Waals surface area contributed by atoms with Crippen LogP contribution in [0.3, 0.4) is 0 Å². The quantitative estimate of drug-likeness (QED) is 0.668. The summed E-state index contributed by atoms with van der Waals surface area (Å²) in [6.07, 6.45) is 8.81. The van der Waals surface area contributed by atoms with Gasteiger partial charge in [-0.25, -0.2) is 0 Å². The molecule has 0 amide bonds. The number of benzene rings is 1. The van der Waals surface area contributed by atoms with E-state index in [1.165, 1.54) is 48.6 Å². The molecule has 1 nitrogen and oxygen atoms in total. The highest BCUT2D eigenvalue weighted by Gasteiger charge is 2.11. The first kappa shape index (κ1) is 14.2. The Morgan fingerprint density at radius 1 is 1.11 bits per heavy atom. The number of H-pyrrole nitrogens is 1. The van der Waals surface area contributed by atoms with Crippen LogP contribution in [0.25, 0.3) is 10.9 Å². The lowest BCUT2D eigenvalue weighted by atomic mass is 9.89. The first-order chi connectivity index (χ1) is 9.20. The van der Waals surface area contributed by atoms with Gasteiger partial charge in [0.25, 0.3) is 0 Å². The summed E-state index contributed by atoms with van der Waals surface area (Å²) in [4.78, 5) is 3.38. The third-order valence-electron chi connectivity index (χ3n) is 4.10. The van der Waals surface area contributed by atoms with Crippen LogP contribution in [0.1, 0.15) is 52.0 Å². The lowest BCUT2D eigenvalue weighted by molar-refractivity contribution is 0.384. The molecule has 0 saturated carbocycles. The molecule has 1 N–H and O–H groups in total. The Morgan fingerprint density at radius 3 is 2.68 bits per heavy atom. The van der Waals surface area contributed by atoms with Crippen LogP contribution < -0.4 is 0 Å². The molecular weight excluding hydrogens is 230 g/mol. The Bertz CT molecular complexity index is 497. The Hall–Kier alpha value is -1.24. The highest BCUT2D eigenvalue weighted by molar-refractivity contribution is 5.83. The first-order valence-electron chi connectivity index (χ1n) is 7.75. The minimum absolute atomic E-state index is 0.770. The van der Waals surface area contributed by atoms with E-state index in [0.717, 1.165) is 11.8 Å². The third-order valence-corrected chi connectivity index (χ3v) is 4.10. The lowest BCUT2D eigenvalue weighted by Crippen LogP contribution is -2.06. The van der Waals surface area contributed by atoms with Crippen molar-refractivity contribution in [1.82, 2.24) is 4.98 Å². The van der Waals surface area contributed by atoms with Crippen molar-refractivity contribution in [2.24, 2.45) is 11.8 Å². The Kier molecular flexibility index (Phi) is 5.07. The minimum Gasteiger partial charge on any atom is -0.361 e. The zero-order valence-electron chi connectivity index (χ0n) is 12.6. The number of rotatable bonds is 7. The van der Waals surface area contributed by atoms with Crippen molar-refractivity contribution in [3.05, 3.63) is 36.0 Å². The van der Waals surface area contributed by atoms with Crippen LogP contribution in [0.5, 0.6) is 0 Å². The molecular formula is C18H27N. The summed E-state index contributed by atoms with van der Waals surface area (Å²) < 4.78 is 0. The average Bonchev–Trinajstić information content (AvgIpc) is 2.80. The highest BCUT2D eigenvalue weighted by atomic mass is 14.7. The number of hydrogen-bond acceptors (Lipinski definition) is 0. The molecule has 0 aliphatic carbocycles. The van der Waals surface area contributed by atoms with Gasteiger partial charge >= 0.3 is 0 Å². The fourth-order valence-electron chi connectivity index (χ4n) is 3.12. The van der Waals surface area contributed by atoms with E-state index in [1.54, 1.807) is 0 Å². The van der Waals surface area contributed by atoms with Gasteiger partial charge in [0.2, 0.25) is 0 Å². The van der Waals surface area contributed by atoms with E-state index in [-0.39, 0.29) is 0 Å². The normalized spacial score (nSPS) is 14.7. The molecule has 1 heterocycles. The van der Waals surface area contributed by atoms with Crippen LogP contribution in [-0.2, 0) is 6.42 Å². The van der Waals surface area contributed by atoms with Gasteiger partial charge in [0.05, 0.1) is 0 Å². The molecule has 2 rings (SSSR count). The summed E-state index contributed by atoms with van der Waals surface area (Å²) in [7, 11) is 0. The molecule has 0 saturated heterocycles. The molecule has 0 spiro atoms. The minimum atomic E-state index is 0.770. The van der Waals surface area contributed by atoms with Gasteiger partial charge in [-0.3, -0.25) is 0 Å². The predicted octanol–water partition coefficient (Wildman–Crippen LogP) is 5.56. The monoisotopic (exact) mass is 257 g/mol. The van der Waals surface area contributed by atoms with Gasteiger partial charge in [-0.2, -0.15) is 0 Å². The van der Waals surface area contributed by atoms with Crippen molar-refractivity contribution in [3.8, 4) is 0 Å². The maximum Gasteiger partial charge on any atom is 0.0456 e. The van der Waals surface area contributed by atoms with E-state index in [4.69, 9.17) is 0 Å². The largest absolute Gasteiger partial charge is 0.361 e. The van der Waals surface area contributed by atoms with Crippen molar-refractivity contribution < 1.29 is 0 Å². The van der Waals surface area contributed by atoms with Crippen LogP contribution in [0.2, 0.25) is 0 Å². The van der Waals surface area contributed by atoms with E-state index in [0.29, 0.717) is 0 Å². The fraction of sp³-hybridized carbons (Fsp3) is 0.556. The maximum atomic E-state index is 3.38. The molecule has 104 valence electrons. The summed E-state index contributed by atoms with van der Waals surface area (Å²) in [5, 5.41) is 1.40. The average molecular weight is 257 g/mol. The summed E-state index contributed by atoms with van der Waals surface area (Å²) >= 11 is 0. The molecule has 0 radical (unpaired) electrons. The number of unbranched alkanes of at least 4 members (excludes halogenated alkanes) is 1. The van der Waals surface area contributed by atoms with Gasteiger partial charge in [-0.1, -0.05) is 58.2 Å². The van der Waals surface area contributed by atoms with Gasteiger partial charge in [0.1, 0.15) is 0 Å². The van der Waals surface area contributed by atoms with Gasteiger partial charge in [-0.15, -0.1) is 0 Å². The van der Waals surface area contributed by atoms with E-state index in [2.05, 4.69) is 56.2 Å². The first-order valence-corrected chi connectivity index (χ1v) is 7.75. The van der Waals surface area contributed by atoms with E-state index < -0.39 is 0 Å². The molecule has 0 aliphatic rings. The second kappa shape index (κ2) is 6.79. The Labute approximate surface area is 117 Å². The fourth-order valence-corrected chi connectivity index (χ4v) is 3.12. The molecule has 1 aromatic carbocycles. The smallest absolute Gasteiger partial charge is 0.0456 e. The topological polar surface area (TPSA) is 15.8 Å². The molecule has 2 atom stereocenters. The van der Waals surface area contributed by atoms with Crippen LogP contribution in [0, 0.1) is 11.8 Å². The zero-order chi connectivity index (χ0) is 13.7. The maximum absolute atomic E-state index is 3.38. The number of hydrogen-bond donors (Lipinski definition) is 1. The van der Waals surface area contributed by atoms with Gasteiger partial charge in [0.15, 0.2) is 0 Å². The van der Waals surface area contributed by atoms with Crippen LogP contribution in [0.15, 0.2) is 30.5 Å². The second-order valence-electron chi connectivity index (χ2n) is 6.15. The lowest BCUT2D eigenvalue weighted by Gasteiger charge is -2.16. The Balaban J connectivity index is 1.93. The van der Waals surface area contributed by atoms with E-state index in [1.807, 2.05) is 0 Å². The molecule has 19 heavy (non-hydrogen) atoms.